The number of benzene rings is 1. The molecule has 0 aliphatic carbocycles. The van der Waals surface area contributed by atoms with Gasteiger partial charge in [0.1, 0.15) is 0 Å². The second kappa shape index (κ2) is 4.26. The van der Waals surface area contributed by atoms with E-state index in [9.17, 15) is 4.79 Å². The molecule has 1 aliphatic heterocycles. The number of amides is 1. The van der Waals surface area contributed by atoms with Crippen molar-refractivity contribution in [3.8, 4) is 0 Å². The molecule has 1 aliphatic rings. The lowest BCUT2D eigenvalue weighted by atomic mass is 10.1. The van der Waals surface area contributed by atoms with Crippen LogP contribution in [0.5, 0.6) is 0 Å². The van der Waals surface area contributed by atoms with E-state index >= 15 is 0 Å². The molecule has 2 aromatic rings. The summed E-state index contributed by atoms with van der Waals surface area (Å²) in [7, 11) is 0. The molecule has 3 nitrogen and oxygen atoms in total. The van der Waals surface area contributed by atoms with Crippen molar-refractivity contribution in [2.45, 2.75) is 6.42 Å². The van der Waals surface area contributed by atoms with Crippen LogP contribution in [-0.4, -0.2) is 17.4 Å². The van der Waals surface area contributed by atoms with Gasteiger partial charge in [0.15, 0.2) is 0 Å². The van der Waals surface area contributed by atoms with Crippen molar-refractivity contribution in [1.29, 1.82) is 0 Å². The van der Waals surface area contributed by atoms with Crippen LogP contribution < -0.4 is 4.90 Å². The minimum Gasteiger partial charge on any atom is -0.311 e. The Hall–Kier alpha value is -2.16. The van der Waals surface area contributed by atoms with Crippen LogP contribution in [-0.2, 0) is 4.79 Å². The van der Waals surface area contributed by atoms with Gasteiger partial charge in [-0.3, -0.25) is 9.78 Å². The number of para-hydroxylation sites is 1. The van der Waals surface area contributed by atoms with Gasteiger partial charge >= 0.3 is 0 Å². The molecule has 1 saturated heterocycles. The van der Waals surface area contributed by atoms with Crippen molar-refractivity contribution < 1.29 is 4.79 Å². The van der Waals surface area contributed by atoms with Gasteiger partial charge in [0.2, 0.25) is 5.91 Å². The van der Waals surface area contributed by atoms with Crippen LogP contribution in [0.2, 0.25) is 0 Å². The molecule has 0 N–H and O–H groups in total. The minimum absolute atomic E-state index is 0.163. The number of pyridine rings is 1. The Balaban J connectivity index is 2.10. The Labute approximate surface area is 106 Å². The predicted molar refractivity (Wildman–Crippen MR) is 72.4 cm³/mol. The summed E-state index contributed by atoms with van der Waals surface area (Å²) in [6.45, 7) is 4.49. The Morgan fingerprint density at radius 2 is 2.17 bits per heavy atom. The molecule has 3 heteroatoms. The van der Waals surface area contributed by atoms with Crippen LogP contribution in [0, 0.1) is 5.92 Å². The maximum atomic E-state index is 12.0. The number of carbonyl (C=O) groups is 1. The number of aromatic nitrogens is 1. The SMILES string of the molecule is C=CC1CC(=O)N(c2ccnc3ccccc23)C1. The first-order valence-corrected chi connectivity index (χ1v) is 6.06. The molecule has 0 saturated carbocycles. The monoisotopic (exact) mass is 238 g/mol. The summed E-state index contributed by atoms with van der Waals surface area (Å²) in [4.78, 5) is 18.2. The molecule has 3 rings (SSSR count). The van der Waals surface area contributed by atoms with E-state index in [1.54, 1.807) is 6.20 Å². The fourth-order valence-electron chi connectivity index (χ4n) is 2.44. The second-order valence-electron chi connectivity index (χ2n) is 4.55. The lowest BCUT2D eigenvalue weighted by Gasteiger charge is -2.18. The van der Waals surface area contributed by atoms with Gasteiger partial charge in [-0.1, -0.05) is 24.3 Å². The highest BCUT2D eigenvalue weighted by atomic mass is 16.2. The molecular weight excluding hydrogens is 224 g/mol. The summed E-state index contributed by atoms with van der Waals surface area (Å²) in [5, 5.41) is 1.03. The van der Waals surface area contributed by atoms with Crippen molar-refractivity contribution in [2.75, 3.05) is 11.4 Å². The van der Waals surface area contributed by atoms with Gasteiger partial charge < -0.3 is 4.90 Å². The number of rotatable bonds is 2. The van der Waals surface area contributed by atoms with E-state index in [0.717, 1.165) is 23.1 Å². The molecule has 1 aromatic carbocycles. The topological polar surface area (TPSA) is 33.2 Å². The summed E-state index contributed by atoms with van der Waals surface area (Å²) in [6.07, 6.45) is 4.17. The van der Waals surface area contributed by atoms with E-state index in [4.69, 9.17) is 0 Å². The van der Waals surface area contributed by atoms with Crippen molar-refractivity contribution >= 4 is 22.5 Å². The molecule has 90 valence electrons. The Bertz CT molecular complexity index is 615. The number of fused-ring (bicyclic) bond motifs is 1. The first kappa shape index (κ1) is 11.0. The third-order valence-corrected chi connectivity index (χ3v) is 3.41. The second-order valence-corrected chi connectivity index (χ2v) is 4.55. The van der Waals surface area contributed by atoms with Crippen LogP contribution >= 0.6 is 0 Å². The molecule has 2 heterocycles. The number of carbonyl (C=O) groups excluding carboxylic acids is 1. The maximum Gasteiger partial charge on any atom is 0.227 e. The third kappa shape index (κ3) is 1.68. The molecule has 1 atom stereocenters. The first-order chi connectivity index (χ1) is 8.79. The van der Waals surface area contributed by atoms with Crippen molar-refractivity contribution in [3.63, 3.8) is 0 Å². The zero-order valence-corrected chi connectivity index (χ0v) is 10.0. The molecule has 0 bridgehead atoms. The Morgan fingerprint density at radius 1 is 1.33 bits per heavy atom. The van der Waals surface area contributed by atoms with Gasteiger partial charge in [0, 0.05) is 30.5 Å². The van der Waals surface area contributed by atoms with E-state index < -0.39 is 0 Å². The van der Waals surface area contributed by atoms with Gasteiger partial charge in [-0.05, 0) is 12.1 Å². The summed E-state index contributed by atoms with van der Waals surface area (Å²) >= 11 is 0. The number of hydrogen-bond acceptors (Lipinski definition) is 2. The standard InChI is InChI=1S/C15H14N2O/c1-2-11-9-15(18)17(10-11)14-7-8-16-13-6-4-3-5-12(13)14/h2-8,11H,1,9-10H2. The van der Waals surface area contributed by atoms with Crippen LogP contribution in [0.4, 0.5) is 5.69 Å². The van der Waals surface area contributed by atoms with Gasteiger partial charge in [-0.15, -0.1) is 6.58 Å². The zero-order chi connectivity index (χ0) is 12.5. The fraction of sp³-hybridized carbons (Fsp3) is 0.200. The molecule has 1 aromatic heterocycles. The van der Waals surface area contributed by atoms with E-state index in [0.29, 0.717) is 6.42 Å². The molecule has 0 radical (unpaired) electrons. The highest BCUT2D eigenvalue weighted by Crippen LogP contribution is 2.30. The van der Waals surface area contributed by atoms with Gasteiger partial charge in [-0.25, -0.2) is 0 Å². The number of anilines is 1. The van der Waals surface area contributed by atoms with Gasteiger partial charge in [-0.2, -0.15) is 0 Å². The highest BCUT2D eigenvalue weighted by Gasteiger charge is 2.29. The zero-order valence-electron chi connectivity index (χ0n) is 10.0. The lowest BCUT2D eigenvalue weighted by Crippen LogP contribution is -2.24. The van der Waals surface area contributed by atoms with Gasteiger partial charge in [0.05, 0.1) is 11.2 Å². The smallest absolute Gasteiger partial charge is 0.227 e. The quantitative estimate of drug-likeness (QED) is 0.754. The van der Waals surface area contributed by atoms with Crippen LogP contribution in [0.15, 0.2) is 49.2 Å². The molecule has 0 spiro atoms. The molecule has 18 heavy (non-hydrogen) atoms. The number of nitrogens with zero attached hydrogens (tertiary/aromatic N) is 2. The van der Waals surface area contributed by atoms with E-state index in [1.807, 2.05) is 41.3 Å². The van der Waals surface area contributed by atoms with Crippen molar-refractivity contribution in [1.82, 2.24) is 4.98 Å². The Kier molecular flexibility index (Phi) is 2.59. The molecule has 1 unspecified atom stereocenters. The highest BCUT2D eigenvalue weighted by molar-refractivity contribution is 6.04. The largest absolute Gasteiger partial charge is 0.311 e. The van der Waals surface area contributed by atoms with E-state index in [1.165, 1.54) is 0 Å². The van der Waals surface area contributed by atoms with Crippen molar-refractivity contribution in [2.24, 2.45) is 5.92 Å². The summed E-state index contributed by atoms with van der Waals surface area (Å²) < 4.78 is 0. The Morgan fingerprint density at radius 3 is 2.94 bits per heavy atom. The van der Waals surface area contributed by atoms with Crippen LogP contribution in [0.1, 0.15) is 6.42 Å². The van der Waals surface area contributed by atoms with Crippen LogP contribution in [0.25, 0.3) is 10.9 Å². The normalized spacial score (nSPS) is 19.4. The summed E-state index contributed by atoms with van der Waals surface area (Å²) in [5.41, 5.74) is 1.87. The van der Waals surface area contributed by atoms with Gasteiger partial charge in [0.25, 0.3) is 0 Å². The molecular formula is C15H14N2O. The predicted octanol–water partition coefficient (Wildman–Crippen LogP) is 2.77. The maximum absolute atomic E-state index is 12.0. The lowest BCUT2D eigenvalue weighted by molar-refractivity contribution is -0.117. The summed E-state index contributed by atoms with van der Waals surface area (Å²) in [5.74, 6) is 0.417. The molecule has 1 amide bonds. The first-order valence-electron chi connectivity index (χ1n) is 6.06. The van der Waals surface area contributed by atoms with E-state index in [-0.39, 0.29) is 11.8 Å². The fourth-order valence-corrected chi connectivity index (χ4v) is 2.44. The average Bonchev–Trinajstić information content (AvgIpc) is 2.79. The third-order valence-electron chi connectivity index (χ3n) is 3.41. The van der Waals surface area contributed by atoms with Crippen LogP contribution in [0.3, 0.4) is 0 Å². The molecule has 1 fully saturated rings. The average molecular weight is 238 g/mol. The number of hydrogen-bond donors (Lipinski definition) is 0. The van der Waals surface area contributed by atoms with E-state index in [2.05, 4.69) is 11.6 Å². The minimum atomic E-state index is 0.163. The van der Waals surface area contributed by atoms with Crippen molar-refractivity contribution in [3.05, 3.63) is 49.2 Å². The summed E-state index contributed by atoms with van der Waals surface area (Å²) in [6, 6.07) is 9.80.